The van der Waals surface area contributed by atoms with Crippen LogP contribution in [0.1, 0.15) is 26.3 Å². The molecule has 4 rings (SSSR count). The van der Waals surface area contributed by atoms with Crippen molar-refractivity contribution in [1.29, 1.82) is 0 Å². The molecule has 2 aliphatic heterocycles. The smallest absolute Gasteiger partial charge is 0.337 e. The predicted molar refractivity (Wildman–Crippen MR) is 116 cm³/mol. The van der Waals surface area contributed by atoms with Crippen LogP contribution < -0.4 is 5.32 Å². The third-order valence-electron chi connectivity index (χ3n) is 5.75. The normalized spacial score (nSPS) is 20.4. The molecule has 0 aromatic heterocycles. The average molecular weight is 456 g/mol. The molecule has 2 atom stereocenters. The van der Waals surface area contributed by atoms with Crippen molar-refractivity contribution < 1.29 is 23.9 Å². The van der Waals surface area contributed by atoms with Crippen molar-refractivity contribution in [3.8, 4) is 0 Å². The van der Waals surface area contributed by atoms with Gasteiger partial charge in [-0.25, -0.2) is 4.79 Å². The van der Waals surface area contributed by atoms with E-state index in [0.717, 1.165) is 5.56 Å². The van der Waals surface area contributed by atoms with Gasteiger partial charge in [-0.3, -0.25) is 14.4 Å². The number of carbonyl (C=O) groups is 4. The van der Waals surface area contributed by atoms with Crippen LogP contribution in [0.4, 0.5) is 0 Å². The van der Waals surface area contributed by atoms with Gasteiger partial charge in [0, 0.05) is 30.1 Å². The van der Waals surface area contributed by atoms with E-state index in [4.69, 9.17) is 16.3 Å². The fourth-order valence-corrected chi connectivity index (χ4v) is 4.19. The van der Waals surface area contributed by atoms with E-state index in [1.807, 2.05) is 12.1 Å². The fourth-order valence-electron chi connectivity index (χ4n) is 4.06. The standard InChI is InChI=1S/C23H22ClN3O5/c1-32-23(31)16-4-2-3-15(12-16)21(29)26-9-10-27-19(13-26)20(28)25-18(22(27)30)11-14-5-7-17(24)8-6-14/h2-8,12,18-19H,9-11,13H2,1H3,(H,25,28)/t18-,19+/m0/s1. The van der Waals surface area contributed by atoms with E-state index in [1.165, 1.54) is 18.1 Å². The highest BCUT2D eigenvalue weighted by Gasteiger charge is 2.44. The highest BCUT2D eigenvalue weighted by molar-refractivity contribution is 6.30. The molecule has 2 aromatic rings. The molecule has 2 heterocycles. The van der Waals surface area contributed by atoms with Gasteiger partial charge in [0.1, 0.15) is 12.1 Å². The molecule has 0 aliphatic carbocycles. The third-order valence-corrected chi connectivity index (χ3v) is 6.00. The number of ether oxygens (including phenoxy) is 1. The summed E-state index contributed by atoms with van der Waals surface area (Å²) in [6.45, 7) is 0.646. The summed E-state index contributed by atoms with van der Waals surface area (Å²) < 4.78 is 4.70. The number of piperazine rings is 2. The largest absolute Gasteiger partial charge is 0.465 e. The number of carbonyl (C=O) groups excluding carboxylic acids is 4. The number of nitrogens with zero attached hydrogens (tertiary/aromatic N) is 2. The lowest BCUT2D eigenvalue weighted by Gasteiger charge is -2.45. The van der Waals surface area contributed by atoms with Crippen LogP contribution in [0.3, 0.4) is 0 Å². The summed E-state index contributed by atoms with van der Waals surface area (Å²) in [5.74, 6) is -1.29. The minimum absolute atomic E-state index is 0.0898. The van der Waals surface area contributed by atoms with Gasteiger partial charge in [0.2, 0.25) is 11.8 Å². The summed E-state index contributed by atoms with van der Waals surface area (Å²) >= 11 is 5.91. The molecule has 1 N–H and O–H groups in total. The molecule has 9 heteroatoms. The second-order valence-electron chi connectivity index (χ2n) is 7.76. The fraction of sp³-hybridized carbons (Fsp3) is 0.304. The number of rotatable bonds is 4. The minimum atomic E-state index is -0.745. The zero-order chi connectivity index (χ0) is 22.8. The highest BCUT2D eigenvalue weighted by atomic mass is 35.5. The monoisotopic (exact) mass is 455 g/mol. The van der Waals surface area contributed by atoms with Crippen LogP contribution in [0.2, 0.25) is 5.02 Å². The molecule has 2 aliphatic rings. The summed E-state index contributed by atoms with van der Waals surface area (Å²) in [6, 6.07) is 12.0. The second-order valence-corrected chi connectivity index (χ2v) is 8.20. The Morgan fingerprint density at radius 2 is 1.81 bits per heavy atom. The van der Waals surface area contributed by atoms with Crippen molar-refractivity contribution in [2.24, 2.45) is 0 Å². The van der Waals surface area contributed by atoms with E-state index in [0.29, 0.717) is 23.6 Å². The molecular formula is C23H22ClN3O5. The van der Waals surface area contributed by atoms with Crippen LogP contribution in [-0.2, 0) is 20.7 Å². The Bertz CT molecular complexity index is 1070. The first-order valence-electron chi connectivity index (χ1n) is 10.2. The number of hydrogen-bond donors (Lipinski definition) is 1. The molecule has 2 saturated heterocycles. The second kappa shape index (κ2) is 9.00. The van der Waals surface area contributed by atoms with Crippen molar-refractivity contribution in [3.05, 3.63) is 70.2 Å². The Balaban J connectivity index is 1.45. The maximum absolute atomic E-state index is 13.0. The molecule has 3 amide bonds. The lowest BCUT2D eigenvalue weighted by Crippen LogP contribution is -2.70. The first kappa shape index (κ1) is 21.8. The van der Waals surface area contributed by atoms with E-state index < -0.39 is 18.1 Å². The Labute approximate surface area is 190 Å². The summed E-state index contributed by atoms with van der Waals surface area (Å²) in [5.41, 5.74) is 1.49. The lowest BCUT2D eigenvalue weighted by molar-refractivity contribution is -0.152. The summed E-state index contributed by atoms with van der Waals surface area (Å²) in [6.07, 6.45) is 0.369. The molecule has 0 spiro atoms. The van der Waals surface area contributed by atoms with Gasteiger partial charge in [-0.15, -0.1) is 0 Å². The quantitative estimate of drug-likeness (QED) is 0.705. The van der Waals surface area contributed by atoms with Gasteiger partial charge in [-0.2, -0.15) is 0 Å². The molecular weight excluding hydrogens is 434 g/mol. The van der Waals surface area contributed by atoms with Crippen molar-refractivity contribution in [1.82, 2.24) is 15.1 Å². The molecule has 166 valence electrons. The molecule has 0 radical (unpaired) electrons. The molecule has 2 aromatic carbocycles. The molecule has 8 nitrogen and oxygen atoms in total. The van der Waals surface area contributed by atoms with Crippen LogP contribution in [0.15, 0.2) is 48.5 Å². The van der Waals surface area contributed by atoms with Crippen LogP contribution in [0.5, 0.6) is 0 Å². The number of amides is 3. The highest BCUT2D eigenvalue weighted by Crippen LogP contribution is 2.21. The van der Waals surface area contributed by atoms with Crippen molar-refractivity contribution in [3.63, 3.8) is 0 Å². The van der Waals surface area contributed by atoms with Gasteiger partial charge in [-0.05, 0) is 35.9 Å². The first-order chi connectivity index (χ1) is 15.4. The molecule has 0 bridgehead atoms. The maximum Gasteiger partial charge on any atom is 0.337 e. The molecule has 32 heavy (non-hydrogen) atoms. The van der Waals surface area contributed by atoms with Crippen molar-refractivity contribution >= 4 is 35.3 Å². The van der Waals surface area contributed by atoms with E-state index >= 15 is 0 Å². The van der Waals surface area contributed by atoms with Gasteiger partial charge in [-0.1, -0.05) is 29.8 Å². The Morgan fingerprint density at radius 3 is 2.53 bits per heavy atom. The van der Waals surface area contributed by atoms with Crippen LogP contribution in [0.25, 0.3) is 0 Å². The zero-order valence-corrected chi connectivity index (χ0v) is 18.2. The van der Waals surface area contributed by atoms with Crippen LogP contribution in [0, 0.1) is 0 Å². The van der Waals surface area contributed by atoms with Gasteiger partial charge in [0.25, 0.3) is 5.91 Å². The van der Waals surface area contributed by atoms with Crippen LogP contribution in [-0.4, -0.2) is 72.3 Å². The van der Waals surface area contributed by atoms with E-state index in [-0.39, 0.29) is 36.4 Å². The number of hydrogen-bond acceptors (Lipinski definition) is 5. The summed E-state index contributed by atoms with van der Waals surface area (Å²) in [4.78, 5) is 53.6. The Hall–Kier alpha value is -3.39. The molecule has 0 unspecified atom stereocenters. The number of benzene rings is 2. The van der Waals surface area contributed by atoms with E-state index in [1.54, 1.807) is 35.2 Å². The molecule has 2 fully saturated rings. The topological polar surface area (TPSA) is 96.0 Å². The predicted octanol–water partition coefficient (Wildman–Crippen LogP) is 1.52. The Kier molecular flexibility index (Phi) is 6.14. The lowest BCUT2D eigenvalue weighted by atomic mass is 9.98. The number of methoxy groups -OCH3 is 1. The van der Waals surface area contributed by atoms with Crippen molar-refractivity contribution in [2.45, 2.75) is 18.5 Å². The van der Waals surface area contributed by atoms with Crippen molar-refractivity contribution in [2.75, 3.05) is 26.7 Å². The maximum atomic E-state index is 13.0. The third kappa shape index (κ3) is 4.31. The minimum Gasteiger partial charge on any atom is -0.465 e. The van der Waals surface area contributed by atoms with Crippen LogP contribution >= 0.6 is 11.6 Å². The van der Waals surface area contributed by atoms with Gasteiger partial charge in [0.05, 0.1) is 19.2 Å². The SMILES string of the molecule is COC(=O)c1cccc(C(=O)N2CCN3C(=O)[C@H](Cc4ccc(Cl)cc4)NC(=O)[C@H]3C2)c1. The van der Waals surface area contributed by atoms with Gasteiger partial charge < -0.3 is 19.9 Å². The number of halogens is 1. The zero-order valence-electron chi connectivity index (χ0n) is 17.4. The summed E-state index contributed by atoms with van der Waals surface area (Å²) in [5, 5.41) is 3.40. The van der Waals surface area contributed by atoms with E-state index in [9.17, 15) is 19.2 Å². The Morgan fingerprint density at radius 1 is 1.09 bits per heavy atom. The van der Waals surface area contributed by atoms with Gasteiger partial charge >= 0.3 is 5.97 Å². The van der Waals surface area contributed by atoms with Gasteiger partial charge in [0.15, 0.2) is 0 Å². The molecule has 0 saturated carbocycles. The summed E-state index contributed by atoms with van der Waals surface area (Å²) in [7, 11) is 1.27. The number of fused-ring (bicyclic) bond motifs is 1. The number of nitrogens with one attached hydrogen (secondary N) is 1. The van der Waals surface area contributed by atoms with E-state index in [2.05, 4.69) is 5.32 Å². The average Bonchev–Trinajstić information content (AvgIpc) is 2.82. The first-order valence-corrected chi connectivity index (χ1v) is 10.6. The number of esters is 1.